The van der Waals surface area contributed by atoms with Gasteiger partial charge in [0.05, 0.1) is 23.6 Å². The molecule has 2 fully saturated rings. The Bertz CT molecular complexity index is 1360. The summed E-state index contributed by atoms with van der Waals surface area (Å²) in [7, 11) is 0. The third-order valence-corrected chi connectivity index (χ3v) is 7.11. The van der Waals surface area contributed by atoms with Crippen LogP contribution in [0, 0.1) is 23.7 Å². The maximum absolute atomic E-state index is 12.9. The average Bonchev–Trinajstić information content (AvgIpc) is 3.57. The topological polar surface area (TPSA) is 92.0 Å². The van der Waals surface area contributed by atoms with Crippen LogP contribution in [-0.2, 0) is 16.1 Å². The van der Waals surface area contributed by atoms with E-state index in [1.54, 1.807) is 24.4 Å². The third-order valence-electron chi connectivity index (χ3n) is 7.11. The Labute approximate surface area is 189 Å². The van der Waals surface area contributed by atoms with Gasteiger partial charge in [0.2, 0.25) is 0 Å². The summed E-state index contributed by atoms with van der Waals surface area (Å²) in [5.41, 5.74) is 2.85. The number of aromatic nitrogens is 1. The molecule has 3 aliphatic rings. The molecule has 0 spiro atoms. The van der Waals surface area contributed by atoms with E-state index in [4.69, 9.17) is 0 Å². The van der Waals surface area contributed by atoms with Gasteiger partial charge < -0.3 is 9.67 Å². The van der Waals surface area contributed by atoms with E-state index in [-0.39, 0.29) is 41.0 Å². The van der Waals surface area contributed by atoms with Gasteiger partial charge in [0.1, 0.15) is 0 Å². The highest BCUT2D eigenvalue weighted by Crippen LogP contribution is 2.52. The maximum Gasteiger partial charge on any atom is 0.335 e. The Kier molecular flexibility index (Phi) is 4.33. The van der Waals surface area contributed by atoms with E-state index in [0.717, 1.165) is 33.5 Å². The second kappa shape index (κ2) is 7.27. The SMILES string of the molecule is O=C(O)c1cccc(Cn2cc(C=NN3C(=O)[C@@H]4[C@H](C3=O)[C@H]3C=C[C@H]4C3)c3ccccc32)c1. The van der Waals surface area contributed by atoms with Crippen molar-refractivity contribution in [3.63, 3.8) is 0 Å². The first kappa shape index (κ1) is 19.7. The number of nitrogens with zero attached hydrogens (tertiary/aromatic N) is 3. The van der Waals surface area contributed by atoms with Gasteiger partial charge in [0, 0.05) is 29.2 Å². The molecule has 2 aromatic carbocycles. The molecule has 4 atom stereocenters. The van der Waals surface area contributed by atoms with Gasteiger partial charge in [-0.3, -0.25) is 9.59 Å². The number of rotatable bonds is 5. The number of hydrazone groups is 1. The van der Waals surface area contributed by atoms with Crippen LogP contribution in [0.1, 0.15) is 27.9 Å². The Balaban J connectivity index is 1.31. The molecule has 7 nitrogen and oxygen atoms in total. The Morgan fingerprint density at radius 2 is 1.76 bits per heavy atom. The fourth-order valence-electron chi connectivity index (χ4n) is 5.63. The zero-order valence-corrected chi connectivity index (χ0v) is 17.7. The lowest BCUT2D eigenvalue weighted by atomic mass is 9.85. The van der Waals surface area contributed by atoms with Crippen molar-refractivity contribution in [2.24, 2.45) is 28.8 Å². The predicted octanol–water partition coefficient (Wildman–Crippen LogP) is 3.53. The molecular formula is C26H21N3O4. The monoisotopic (exact) mass is 439 g/mol. The van der Waals surface area contributed by atoms with E-state index in [0.29, 0.717) is 6.54 Å². The number of carboxylic acid groups (broad SMARTS) is 1. The van der Waals surface area contributed by atoms with Crippen LogP contribution in [0.4, 0.5) is 0 Å². The van der Waals surface area contributed by atoms with Crippen LogP contribution in [0.25, 0.3) is 10.9 Å². The number of hydrogen-bond donors (Lipinski definition) is 1. The maximum atomic E-state index is 12.9. The smallest absolute Gasteiger partial charge is 0.335 e. The van der Waals surface area contributed by atoms with Crippen LogP contribution in [0.3, 0.4) is 0 Å². The number of aromatic carboxylic acids is 1. The van der Waals surface area contributed by atoms with Crippen molar-refractivity contribution in [3.8, 4) is 0 Å². The molecule has 1 aromatic heterocycles. The predicted molar refractivity (Wildman–Crippen MR) is 122 cm³/mol. The number of imide groups is 1. The van der Waals surface area contributed by atoms with E-state index in [1.807, 2.05) is 41.1 Å². The van der Waals surface area contributed by atoms with Gasteiger partial charge in [-0.15, -0.1) is 0 Å². The van der Waals surface area contributed by atoms with Gasteiger partial charge in [0.15, 0.2) is 0 Å². The number of para-hydroxylation sites is 1. The molecule has 1 saturated carbocycles. The zero-order chi connectivity index (χ0) is 22.7. The summed E-state index contributed by atoms with van der Waals surface area (Å²) in [6.45, 7) is 0.482. The minimum atomic E-state index is -0.963. The van der Waals surface area contributed by atoms with E-state index >= 15 is 0 Å². The van der Waals surface area contributed by atoms with E-state index < -0.39 is 5.97 Å². The van der Waals surface area contributed by atoms with Gasteiger partial charge in [-0.05, 0) is 42.0 Å². The zero-order valence-electron chi connectivity index (χ0n) is 17.7. The molecule has 3 aromatic rings. The normalized spacial score (nSPS) is 25.6. The summed E-state index contributed by atoms with van der Waals surface area (Å²) in [4.78, 5) is 37.1. The van der Waals surface area contributed by atoms with Crippen molar-refractivity contribution >= 4 is 34.9 Å². The largest absolute Gasteiger partial charge is 0.478 e. The van der Waals surface area contributed by atoms with Crippen LogP contribution in [0.5, 0.6) is 0 Å². The molecule has 7 heteroatoms. The number of carboxylic acids is 1. The lowest BCUT2D eigenvalue weighted by Gasteiger charge is -2.13. The Hall–Kier alpha value is -4.00. The number of fused-ring (bicyclic) bond motifs is 6. The third kappa shape index (κ3) is 3.03. The highest BCUT2D eigenvalue weighted by molar-refractivity contribution is 6.07. The number of amides is 2. The van der Waals surface area contributed by atoms with Crippen molar-refractivity contribution in [2.45, 2.75) is 13.0 Å². The molecule has 33 heavy (non-hydrogen) atoms. The highest BCUT2D eigenvalue weighted by atomic mass is 16.4. The second-order valence-electron chi connectivity index (χ2n) is 8.97. The van der Waals surface area contributed by atoms with Gasteiger partial charge in [-0.2, -0.15) is 10.1 Å². The minimum Gasteiger partial charge on any atom is -0.478 e. The molecule has 0 radical (unpaired) electrons. The molecule has 2 heterocycles. The lowest BCUT2D eigenvalue weighted by Crippen LogP contribution is -2.28. The minimum absolute atomic E-state index is 0.153. The fraction of sp³-hybridized carbons (Fsp3) is 0.231. The van der Waals surface area contributed by atoms with Gasteiger partial charge in [-0.25, -0.2) is 4.79 Å². The first-order valence-corrected chi connectivity index (χ1v) is 11.0. The Morgan fingerprint density at radius 3 is 2.48 bits per heavy atom. The molecule has 2 bridgehead atoms. The first-order chi connectivity index (χ1) is 16.0. The second-order valence-corrected chi connectivity index (χ2v) is 8.97. The molecule has 6 rings (SSSR count). The van der Waals surface area contributed by atoms with Crippen LogP contribution in [0.15, 0.2) is 72.0 Å². The summed E-state index contributed by atoms with van der Waals surface area (Å²) in [6.07, 6.45) is 8.52. The van der Waals surface area contributed by atoms with Gasteiger partial charge >= 0.3 is 5.97 Å². The summed E-state index contributed by atoms with van der Waals surface area (Å²) in [5.74, 6) is -1.60. The van der Waals surface area contributed by atoms with E-state index in [9.17, 15) is 19.5 Å². The summed E-state index contributed by atoms with van der Waals surface area (Å²) < 4.78 is 2.02. The standard InChI is InChI=1S/C26H21N3O4/c30-24-22-16-8-9-17(11-16)23(22)25(31)29(24)27-12-19-14-28(21-7-2-1-6-20(19)21)13-15-4-3-5-18(10-15)26(32)33/h1-10,12,14,16-17,22-23H,11,13H2,(H,32,33)/t16-,17-,22-,23+/m0/s1. The number of benzene rings is 2. The summed E-state index contributed by atoms with van der Waals surface area (Å²) >= 11 is 0. The molecule has 2 aliphatic carbocycles. The van der Waals surface area contributed by atoms with Crippen LogP contribution < -0.4 is 0 Å². The van der Waals surface area contributed by atoms with Gasteiger partial charge in [0.25, 0.3) is 11.8 Å². The van der Waals surface area contributed by atoms with Crippen molar-refractivity contribution < 1.29 is 19.5 Å². The van der Waals surface area contributed by atoms with Crippen molar-refractivity contribution in [1.29, 1.82) is 0 Å². The highest BCUT2D eigenvalue weighted by Gasteiger charge is 2.59. The first-order valence-electron chi connectivity index (χ1n) is 11.0. The van der Waals surface area contributed by atoms with Gasteiger partial charge in [-0.1, -0.05) is 42.5 Å². The number of carbonyl (C=O) groups is 3. The van der Waals surface area contributed by atoms with Crippen LogP contribution in [0.2, 0.25) is 0 Å². The van der Waals surface area contributed by atoms with E-state index in [2.05, 4.69) is 17.3 Å². The molecule has 0 unspecified atom stereocenters. The van der Waals surface area contributed by atoms with Crippen molar-refractivity contribution in [1.82, 2.24) is 9.58 Å². The average molecular weight is 439 g/mol. The molecule has 164 valence electrons. The summed E-state index contributed by atoms with van der Waals surface area (Å²) in [6, 6.07) is 14.7. The molecule has 1 N–H and O–H groups in total. The van der Waals surface area contributed by atoms with Crippen LogP contribution in [-0.4, -0.2) is 38.7 Å². The molecule has 2 amide bonds. The van der Waals surface area contributed by atoms with Crippen LogP contribution >= 0.6 is 0 Å². The fourth-order valence-corrected chi connectivity index (χ4v) is 5.63. The summed E-state index contributed by atoms with van der Waals surface area (Å²) in [5, 5.41) is 15.6. The number of carbonyl (C=O) groups excluding carboxylic acids is 2. The number of allylic oxidation sites excluding steroid dienone is 2. The van der Waals surface area contributed by atoms with E-state index in [1.165, 1.54) is 0 Å². The van der Waals surface area contributed by atoms with Crippen molar-refractivity contribution in [2.75, 3.05) is 0 Å². The lowest BCUT2D eigenvalue weighted by molar-refractivity contribution is -0.140. The van der Waals surface area contributed by atoms with Crippen molar-refractivity contribution in [3.05, 3.63) is 83.6 Å². The molecule has 1 saturated heterocycles. The molecule has 1 aliphatic heterocycles. The Morgan fingerprint density at radius 1 is 1.03 bits per heavy atom. The number of hydrogen-bond acceptors (Lipinski definition) is 4. The quantitative estimate of drug-likeness (QED) is 0.374. The molecular weight excluding hydrogens is 418 g/mol.